The van der Waals surface area contributed by atoms with E-state index in [9.17, 15) is 22.8 Å². The maximum atomic E-state index is 13.9. The number of benzene rings is 1. The van der Waals surface area contributed by atoms with E-state index in [1.165, 1.54) is 28.3 Å². The highest BCUT2D eigenvalue weighted by molar-refractivity contribution is 7.89. The molecular formula is C30H39N5O5S. The summed E-state index contributed by atoms with van der Waals surface area (Å²) < 4.78 is 27.8. The molecule has 3 atom stereocenters. The van der Waals surface area contributed by atoms with Crippen LogP contribution in [0.25, 0.3) is 0 Å². The fraction of sp³-hybridized carbons (Fsp3) is 0.533. The fourth-order valence-corrected chi connectivity index (χ4v) is 7.98. The van der Waals surface area contributed by atoms with E-state index in [4.69, 9.17) is 0 Å². The van der Waals surface area contributed by atoms with E-state index in [0.717, 1.165) is 19.6 Å². The van der Waals surface area contributed by atoms with Crippen molar-refractivity contribution in [3.05, 3.63) is 60.4 Å². The van der Waals surface area contributed by atoms with E-state index < -0.39 is 28.0 Å². The first-order valence-electron chi connectivity index (χ1n) is 14.4. The number of amides is 2. The van der Waals surface area contributed by atoms with Crippen LogP contribution in [-0.2, 0) is 31.0 Å². The summed E-state index contributed by atoms with van der Waals surface area (Å²) in [5.74, 6) is -0.925. The molecule has 10 nitrogen and oxygen atoms in total. The van der Waals surface area contributed by atoms with Crippen molar-refractivity contribution < 1.29 is 22.8 Å². The number of piperazine rings is 1. The molecule has 3 saturated heterocycles. The Labute approximate surface area is 242 Å². The van der Waals surface area contributed by atoms with Gasteiger partial charge in [0.25, 0.3) is 0 Å². The molecule has 0 bridgehead atoms. The molecule has 0 N–H and O–H groups in total. The largest absolute Gasteiger partial charge is 0.340 e. The second-order valence-corrected chi connectivity index (χ2v) is 13.6. The summed E-state index contributed by atoms with van der Waals surface area (Å²) in [4.78, 5) is 50.1. The average molecular weight is 582 g/mol. The normalized spacial score (nSPS) is 22.8. The van der Waals surface area contributed by atoms with Crippen molar-refractivity contribution in [1.82, 2.24) is 24.0 Å². The topological polar surface area (TPSA) is 111 Å². The number of pyridine rings is 1. The molecule has 220 valence electrons. The number of carbonyl (C=O) groups is 3. The molecule has 0 radical (unpaired) electrons. The molecule has 11 heteroatoms. The number of carbonyl (C=O) groups excluding carboxylic acids is 3. The van der Waals surface area contributed by atoms with Crippen molar-refractivity contribution in [2.45, 2.75) is 56.6 Å². The van der Waals surface area contributed by atoms with Crippen LogP contribution in [0.2, 0.25) is 0 Å². The summed E-state index contributed by atoms with van der Waals surface area (Å²) in [7, 11) is -3.93. The van der Waals surface area contributed by atoms with E-state index in [1.54, 1.807) is 11.0 Å². The standard InChI is InChI=1S/C30H39N5O5S/c1-22(2)17-24(18-28(37)33-15-13-32(14-16-33)20-23-7-4-3-5-8-23)30(38)34-12-10-26-29(34)27(36)21-35(26)41(39,40)25-9-6-11-31-19-25/h3-9,11,19,22,24,26,29H,10,12-18,20-21H2,1-2H3. The molecule has 3 fully saturated rings. The van der Waals surface area contributed by atoms with Crippen LogP contribution in [0, 0.1) is 11.8 Å². The molecule has 0 aliphatic carbocycles. The quantitative estimate of drug-likeness (QED) is 0.446. The third-order valence-electron chi connectivity index (χ3n) is 8.40. The van der Waals surface area contributed by atoms with Crippen LogP contribution >= 0.6 is 0 Å². The Morgan fingerprint density at radius 3 is 2.39 bits per heavy atom. The minimum absolute atomic E-state index is 0.0328. The number of likely N-dealkylation sites (tertiary alicyclic amines) is 1. The number of ketones is 1. The summed E-state index contributed by atoms with van der Waals surface area (Å²) in [6.45, 7) is 7.67. The Morgan fingerprint density at radius 2 is 1.73 bits per heavy atom. The molecule has 41 heavy (non-hydrogen) atoms. The Hall–Kier alpha value is -3.15. The molecule has 1 aromatic carbocycles. The summed E-state index contributed by atoms with van der Waals surface area (Å²) in [6, 6.07) is 11.8. The summed E-state index contributed by atoms with van der Waals surface area (Å²) in [5.41, 5.74) is 1.24. The predicted octanol–water partition coefficient (Wildman–Crippen LogP) is 2.02. The van der Waals surface area contributed by atoms with Gasteiger partial charge < -0.3 is 9.80 Å². The van der Waals surface area contributed by atoms with Crippen molar-refractivity contribution >= 4 is 27.6 Å². The molecule has 0 spiro atoms. The van der Waals surface area contributed by atoms with Gasteiger partial charge in [-0.2, -0.15) is 4.31 Å². The number of aromatic nitrogens is 1. The van der Waals surface area contributed by atoms with Gasteiger partial charge in [-0.1, -0.05) is 44.2 Å². The minimum atomic E-state index is -3.93. The van der Waals surface area contributed by atoms with Crippen LogP contribution < -0.4 is 0 Å². The first-order chi connectivity index (χ1) is 19.6. The minimum Gasteiger partial charge on any atom is -0.340 e. The third kappa shape index (κ3) is 6.37. The highest BCUT2D eigenvalue weighted by Gasteiger charge is 2.54. The zero-order chi connectivity index (χ0) is 29.1. The maximum absolute atomic E-state index is 13.9. The SMILES string of the molecule is CC(C)CC(CC(=O)N1CCN(Cc2ccccc2)CC1)C(=O)N1CCC2C1C(=O)CN2S(=O)(=O)c1cccnc1. The van der Waals surface area contributed by atoms with E-state index in [0.29, 0.717) is 32.5 Å². The van der Waals surface area contributed by atoms with Gasteiger partial charge in [-0.15, -0.1) is 0 Å². The number of hydrogen-bond donors (Lipinski definition) is 0. The number of hydrogen-bond acceptors (Lipinski definition) is 7. The monoisotopic (exact) mass is 581 g/mol. The molecule has 5 rings (SSSR count). The fourth-order valence-electron chi connectivity index (χ4n) is 6.39. The molecule has 1 aromatic heterocycles. The predicted molar refractivity (Wildman–Crippen MR) is 153 cm³/mol. The molecule has 2 amide bonds. The smallest absolute Gasteiger partial charge is 0.245 e. The van der Waals surface area contributed by atoms with Gasteiger partial charge in [0.15, 0.2) is 5.78 Å². The first-order valence-corrected chi connectivity index (χ1v) is 15.9. The zero-order valence-corrected chi connectivity index (χ0v) is 24.6. The van der Waals surface area contributed by atoms with Gasteiger partial charge in [0.05, 0.1) is 12.6 Å². The van der Waals surface area contributed by atoms with Crippen molar-refractivity contribution in [3.8, 4) is 0 Å². The number of Topliss-reactive ketones (excluding diaryl/α,β-unsaturated/α-hetero) is 1. The molecule has 2 aromatic rings. The summed E-state index contributed by atoms with van der Waals surface area (Å²) in [6.07, 6.45) is 3.77. The second-order valence-electron chi connectivity index (χ2n) is 11.7. The number of rotatable bonds is 9. The van der Waals surface area contributed by atoms with E-state index in [1.807, 2.05) is 36.9 Å². The van der Waals surface area contributed by atoms with E-state index in [-0.39, 0.29) is 41.4 Å². The van der Waals surface area contributed by atoms with Crippen LogP contribution in [0.3, 0.4) is 0 Å². The van der Waals surface area contributed by atoms with Crippen LogP contribution in [0.4, 0.5) is 0 Å². The van der Waals surface area contributed by atoms with Gasteiger partial charge >= 0.3 is 0 Å². The highest BCUT2D eigenvalue weighted by Crippen LogP contribution is 2.35. The molecule has 3 unspecified atom stereocenters. The Bertz CT molecular complexity index is 1350. The second kappa shape index (κ2) is 12.4. The number of fused-ring (bicyclic) bond motifs is 1. The molecule has 3 aliphatic rings. The average Bonchev–Trinajstić information content (AvgIpc) is 3.55. The van der Waals surface area contributed by atoms with E-state index in [2.05, 4.69) is 22.0 Å². The van der Waals surface area contributed by atoms with Gasteiger partial charge in [0.1, 0.15) is 10.9 Å². The van der Waals surface area contributed by atoms with Gasteiger partial charge in [0.2, 0.25) is 21.8 Å². The van der Waals surface area contributed by atoms with Crippen molar-refractivity contribution in [2.24, 2.45) is 11.8 Å². The Balaban J connectivity index is 1.23. The lowest BCUT2D eigenvalue weighted by Gasteiger charge is -2.36. The lowest BCUT2D eigenvalue weighted by atomic mass is 9.91. The summed E-state index contributed by atoms with van der Waals surface area (Å²) in [5, 5.41) is 0. The van der Waals surface area contributed by atoms with Crippen LogP contribution in [-0.4, -0.2) is 101 Å². The van der Waals surface area contributed by atoms with Gasteiger partial charge in [-0.3, -0.25) is 24.3 Å². The van der Waals surface area contributed by atoms with Crippen LogP contribution in [0.1, 0.15) is 38.7 Å². The van der Waals surface area contributed by atoms with Crippen LogP contribution in [0.5, 0.6) is 0 Å². The molecular weight excluding hydrogens is 542 g/mol. The highest BCUT2D eigenvalue weighted by atomic mass is 32.2. The summed E-state index contributed by atoms with van der Waals surface area (Å²) >= 11 is 0. The number of sulfonamides is 1. The third-order valence-corrected chi connectivity index (χ3v) is 10.3. The van der Waals surface area contributed by atoms with Crippen LogP contribution in [0.15, 0.2) is 59.8 Å². The van der Waals surface area contributed by atoms with Crippen molar-refractivity contribution in [2.75, 3.05) is 39.3 Å². The lowest BCUT2D eigenvalue weighted by Crippen LogP contribution is -2.50. The zero-order valence-electron chi connectivity index (χ0n) is 23.8. The Morgan fingerprint density at radius 1 is 1.00 bits per heavy atom. The Kier molecular flexibility index (Phi) is 8.86. The van der Waals surface area contributed by atoms with E-state index >= 15 is 0 Å². The number of nitrogens with zero attached hydrogens (tertiary/aromatic N) is 5. The van der Waals surface area contributed by atoms with Gasteiger partial charge in [0, 0.05) is 64.0 Å². The maximum Gasteiger partial charge on any atom is 0.245 e. The molecule has 3 aliphatic heterocycles. The molecule has 0 saturated carbocycles. The van der Waals surface area contributed by atoms with Gasteiger partial charge in [-0.05, 0) is 36.5 Å². The first kappa shape index (κ1) is 29.3. The van der Waals surface area contributed by atoms with Crippen molar-refractivity contribution in [3.63, 3.8) is 0 Å². The molecule has 4 heterocycles. The van der Waals surface area contributed by atoms with Crippen molar-refractivity contribution in [1.29, 1.82) is 0 Å². The van der Waals surface area contributed by atoms with Gasteiger partial charge in [-0.25, -0.2) is 8.42 Å². The lowest BCUT2D eigenvalue weighted by molar-refractivity contribution is -0.144.